The van der Waals surface area contributed by atoms with Crippen LogP contribution in [0.5, 0.6) is 17.2 Å². The van der Waals surface area contributed by atoms with Crippen molar-refractivity contribution in [3.8, 4) is 17.2 Å². The van der Waals surface area contributed by atoms with Gasteiger partial charge in [0.25, 0.3) is 17.7 Å². The molecule has 3 amide bonds. The number of carbonyl (C=O) groups is 3. The predicted octanol–water partition coefficient (Wildman–Crippen LogP) is 1.91. The maximum Gasteiger partial charge on any atom is 0.272 e. The summed E-state index contributed by atoms with van der Waals surface area (Å²) >= 11 is 0. The highest BCUT2D eigenvalue weighted by atomic mass is 16.5. The summed E-state index contributed by atoms with van der Waals surface area (Å²) in [6.07, 6.45) is 3.28. The Hall–Kier alpha value is -4.54. The lowest BCUT2D eigenvalue weighted by molar-refractivity contribution is -0.123. The van der Waals surface area contributed by atoms with Gasteiger partial charge in [-0.25, -0.2) is 0 Å². The van der Waals surface area contributed by atoms with Gasteiger partial charge in [-0.3, -0.25) is 19.5 Å². The average Bonchev–Trinajstić information content (AvgIpc) is 3.45. The maximum absolute atomic E-state index is 13.5. The standard InChI is InChI=1S/C28H29N5O6/c34-26-16-38-22-10-19(9-21(11-22)37-15-18-1-2-18)27(35)31-24-13-33(28(36)23-7-8-30-32-23)14-25(24)39-20-5-3-17(4-6-20)12-29-26/h3-11,18,24-25H,1-2,12-16H2,(H,29,34)(H,30,32)(H,31,35)/t24-,25-/m0/s1. The van der Waals surface area contributed by atoms with Crippen molar-refractivity contribution in [2.45, 2.75) is 31.5 Å². The van der Waals surface area contributed by atoms with Crippen LogP contribution < -0.4 is 24.8 Å². The van der Waals surface area contributed by atoms with E-state index in [0.717, 1.165) is 18.4 Å². The second-order valence-corrected chi connectivity index (χ2v) is 10.1. The van der Waals surface area contributed by atoms with Crippen LogP contribution >= 0.6 is 0 Å². The molecule has 0 unspecified atom stereocenters. The Morgan fingerprint density at radius 3 is 2.67 bits per heavy atom. The van der Waals surface area contributed by atoms with Crippen LogP contribution in [0, 0.1) is 5.92 Å². The molecular weight excluding hydrogens is 502 g/mol. The number of H-pyrrole nitrogens is 1. The van der Waals surface area contributed by atoms with Crippen LogP contribution in [0.15, 0.2) is 54.7 Å². The lowest BCUT2D eigenvalue weighted by atomic mass is 10.1. The minimum atomic E-state index is -0.493. The monoisotopic (exact) mass is 531 g/mol. The fraction of sp³-hybridized carbons (Fsp3) is 0.357. The third-order valence-corrected chi connectivity index (χ3v) is 7.00. The number of aromatic nitrogens is 2. The van der Waals surface area contributed by atoms with E-state index in [9.17, 15) is 14.4 Å². The summed E-state index contributed by atoms with van der Waals surface area (Å²) in [5.74, 6) is 1.09. The molecular formula is C28H29N5O6. The fourth-order valence-electron chi connectivity index (χ4n) is 4.62. The Morgan fingerprint density at radius 2 is 1.90 bits per heavy atom. The smallest absolute Gasteiger partial charge is 0.272 e. The Morgan fingerprint density at radius 1 is 1.05 bits per heavy atom. The molecule has 4 aliphatic rings. The van der Waals surface area contributed by atoms with Gasteiger partial charge >= 0.3 is 0 Å². The van der Waals surface area contributed by atoms with Crippen LogP contribution in [0.4, 0.5) is 0 Å². The van der Waals surface area contributed by atoms with E-state index < -0.39 is 12.1 Å². The first kappa shape index (κ1) is 24.8. The first-order chi connectivity index (χ1) is 19.0. The van der Waals surface area contributed by atoms with Crippen LogP contribution in [0.2, 0.25) is 0 Å². The number of aromatic amines is 1. The van der Waals surface area contributed by atoms with Crippen molar-refractivity contribution in [2.75, 3.05) is 26.3 Å². The third-order valence-electron chi connectivity index (χ3n) is 7.00. The number of amides is 3. The normalized spacial score (nSPS) is 21.2. The highest BCUT2D eigenvalue weighted by Crippen LogP contribution is 2.31. The molecule has 1 aromatic heterocycles. The number of nitrogens with zero attached hydrogens (tertiary/aromatic N) is 2. The zero-order chi connectivity index (χ0) is 26.8. The second kappa shape index (κ2) is 10.7. The second-order valence-electron chi connectivity index (χ2n) is 10.1. The van der Waals surface area contributed by atoms with E-state index in [1.54, 1.807) is 41.3 Å². The molecule has 0 radical (unpaired) electrons. The Balaban J connectivity index is 1.29. The van der Waals surface area contributed by atoms with Gasteiger partial charge in [0.2, 0.25) is 0 Å². The van der Waals surface area contributed by atoms with Crippen LogP contribution in [0.1, 0.15) is 39.3 Å². The highest BCUT2D eigenvalue weighted by molar-refractivity contribution is 5.96. The van der Waals surface area contributed by atoms with E-state index in [4.69, 9.17) is 14.2 Å². The molecule has 4 bridgehead atoms. The molecule has 3 N–H and O–H groups in total. The largest absolute Gasteiger partial charge is 0.493 e. The molecule has 202 valence electrons. The summed E-state index contributed by atoms with van der Waals surface area (Å²) in [6, 6.07) is 13.4. The third kappa shape index (κ3) is 5.97. The molecule has 11 nitrogen and oxygen atoms in total. The van der Waals surface area contributed by atoms with Crippen molar-refractivity contribution in [1.29, 1.82) is 0 Å². The molecule has 3 aliphatic heterocycles. The summed E-state index contributed by atoms with van der Waals surface area (Å²) < 4.78 is 17.9. The molecule has 2 atom stereocenters. The van der Waals surface area contributed by atoms with E-state index in [1.807, 2.05) is 12.1 Å². The van der Waals surface area contributed by atoms with Gasteiger partial charge in [-0.15, -0.1) is 0 Å². The van der Waals surface area contributed by atoms with E-state index in [1.165, 1.54) is 6.20 Å². The fourth-order valence-corrected chi connectivity index (χ4v) is 4.62. The number of hydrogen-bond acceptors (Lipinski definition) is 7. The molecule has 11 heteroatoms. The molecule has 7 rings (SSSR count). The summed E-state index contributed by atoms with van der Waals surface area (Å²) in [5, 5.41) is 12.5. The van der Waals surface area contributed by atoms with Gasteiger partial charge < -0.3 is 29.7 Å². The topological polar surface area (TPSA) is 135 Å². The van der Waals surface area contributed by atoms with E-state index in [2.05, 4.69) is 20.8 Å². The average molecular weight is 532 g/mol. The van der Waals surface area contributed by atoms with Crippen molar-refractivity contribution in [1.82, 2.24) is 25.7 Å². The van der Waals surface area contributed by atoms with E-state index in [0.29, 0.717) is 47.6 Å². The van der Waals surface area contributed by atoms with E-state index >= 15 is 0 Å². The lowest BCUT2D eigenvalue weighted by Gasteiger charge is -2.21. The Bertz CT molecular complexity index is 1360. The van der Waals surface area contributed by atoms with Gasteiger partial charge in [0.15, 0.2) is 6.61 Å². The summed E-state index contributed by atoms with van der Waals surface area (Å²) in [7, 11) is 0. The molecule has 3 aromatic rings. The van der Waals surface area contributed by atoms with E-state index in [-0.39, 0.29) is 37.4 Å². The van der Waals surface area contributed by atoms with Crippen molar-refractivity contribution in [2.24, 2.45) is 5.92 Å². The van der Waals surface area contributed by atoms with Gasteiger partial charge in [0.05, 0.1) is 19.2 Å². The number of carbonyl (C=O) groups excluding carboxylic acids is 3. The minimum Gasteiger partial charge on any atom is -0.493 e. The Labute approximate surface area is 224 Å². The first-order valence-corrected chi connectivity index (χ1v) is 13.0. The zero-order valence-corrected chi connectivity index (χ0v) is 21.2. The van der Waals surface area contributed by atoms with Crippen molar-refractivity contribution >= 4 is 17.7 Å². The first-order valence-electron chi connectivity index (χ1n) is 13.0. The number of nitrogens with one attached hydrogen (secondary N) is 3. The number of fused-ring (bicyclic) bond motifs is 7. The molecule has 2 fully saturated rings. The SMILES string of the molecule is O=C1COc2cc(OCC3CC3)cc(c2)C(=O)N[C@H]2CN(C(=O)c3ccn[nH]3)C[C@@H]2Oc2ccc(cc2)CN1. The summed E-state index contributed by atoms with van der Waals surface area (Å²) in [4.78, 5) is 40.6. The minimum absolute atomic E-state index is 0.205. The summed E-state index contributed by atoms with van der Waals surface area (Å²) in [6.45, 7) is 1.22. The van der Waals surface area contributed by atoms with Gasteiger partial charge in [-0.05, 0) is 54.7 Å². The molecule has 2 aromatic carbocycles. The van der Waals surface area contributed by atoms with Gasteiger partial charge in [-0.2, -0.15) is 5.10 Å². The van der Waals surface area contributed by atoms with Crippen LogP contribution in [-0.2, 0) is 11.3 Å². The molecule has 1 saturated heterocycles. The molecule has 39 heavy (non-hydrogen) atoms. The van der Waals surface area contributed by atoms with Gasteiger partial charge in [0.1, 0.15) is 29.0 Å². The van der Waals surface area contributed by atoms with Crippen LogP contribution in [0.3, 0.4) is 0 Å². The van der Waals surface area contributed by atoms with Crippen LogP contribution in [-0.4, -0.2) is 71.3 Å². The Kier molecular flexibility index (Phi) is 6.78. The molecule has 1 aliphatic carbocycles. The van der Waals surface area contributed by atoms with Crippen molar-refractivity contribution < 1.29 is 28.6 Å². The zero-order valence-electron chi connectivity index (χ0n) is 21.2. The van der Waals surface area contributed by atoms with Crippen molar-refractivity contribution in [3.63, 3.8) is 0 Å². The van der Waals surface area contributed by atoms with Crippen molar-refractivity contribution in [3.05, 3.63) is 71.5 Å². The lowest BCUT2D eigenvalue weighted by Crippen LogP contribution is -2.45. The highest BCUT2D eigenvalue weighted by Gasteiger charge is 2.39. The predicted molar refractivity (Wildman–Crippen MR) is 139 cm³/mol. The maximum atomic E-state index is 13.5. The molecule has 1 saturated carbocycles. The molecule has 0 spiro atoms. The number of likely N-dealkylation sites (tertiary alicyclic amines) is 1. The summed E-state index contributed by atoms with van der Waals surface area (Å²) in [5.41, 5.74) is 1.58. The van der Waals surface area contributed by atoms with Gasteiger partial charge in [-0.1, -0.05) is 12.1 Å². The number of benzene rings is 2. The number of ether oxygens (including phenoxy) is 3. The quantitative estimate of drug-likeness (QED) is 0.468. The van der Waals surface area contributed by atoms with Gasteiger partial charge in [0, 0.05) is 30.9 Å². The number of rotatable bonds is 4. The number of hydrogen-bond donors (Lipinski definition) is 3. The van der Waals surface area contributed by atoms with Crippen LogP contribution in [0.25, 0.3) is 0 Å². The molecule has 4 heterocycles.